The molecule has 0 aromatic heterocycles. The first-order valence-electron chi connectivity index (χ1n) is 6.48. The molecule has 0 aliphatic heterocycles. The lowest BCUT2D eigenvalue weighted by Gasteiger charge is -2.29. The van der Waals surface area contributed by atoms with Gasteiger partial charge in [-0.3, -0.25) is 4.79 Å². The third kappa shape index (κ3) is 2.96. The molecular formula is C16H14F3NO2. The standard InChI is InChI=1S/C16H14F3NO2/c1-11-7-9-13(10-8-11)20-14(21)15(22,16(17,18)19)12-5-3-2-4-6-12/h2-10,22H,1H3,(H,20,21). The van der Waals surface area contributed by atoms with Crippen LogP contribution in [0.5, 0.6) is 0 Å². The van der Waals surface area contributed by atoms with Crippen LogP contribution in [-0.2, 0) is 10.4 Å². The van der Waals surface area contributed by atoms with Gasteiger partial charge in [0.1, 0.15) is 0 Å². The van der Waals surface area contributed by atoms with Crippen LogP contribution in [0.4, 0.5) is 18.9 Å². The second kappa shape index (κ2) is 5.81. The van der Waals surface area contributed by atoms with Gasteiger partial charge in [-0.05, 0) is 19.1 Å². The Morgan fingerprint density at radius 1 is 1.00 bits per heavy atom. The molecule has 1 unspecified atom stereocenters. The van der Waals surface area contributed by atoms with E-state index in [1.165, 1.54) is 30.3 Å². The summed E-state index contributed by atoms with van der Waals surface area (Å²) in [6.45, 7) is 1.81. The maximum atomic E-state index is 13.3. The first-order chi connectivity index (χ1) is 10.2. The Morgan fingerprint density at radius 3 is 2.05 bits per heavy atom. The van der Waals surface area contributed by atoms with E-state index in [1.54, 1.807) is 12.1 Å². The molecule has 2 N–H and O–H groups in total. The quantitative estimate of drug-likeness (QED) is 0.913. The van der Waals surface area contributed by atoms with Crippen molar-refractivity contribution in [2.24, 2.45) is 0 Å². The summed E-state index contributed by atoms with van der Waals surface area (Å²) < 4.78 is 39.9. The molecule has 116 valence electrons. The van der Waals surface area contributed by atoms with E-state index in [-0.39, 0.29) is 5.69 Å². The first-order valence-corrected chi connectivity index (χ1v) is 6.48. The highest BCUT2D eigenvalue weighted by molar-refractivity contribution is 5.98. The molecule has 0 spiro atoms. The van der Waals surface area contributed by atoms with Crippen LogP contribution >= 0.6 is 0 Å². The Balaban J connectivity index is 2.38. The minimum atomic E-state index is -5.15. The number of carbonyl (C=O) groups excluding carboxylic acids is 1. The van der Waals surface area contributed by atoms with Gasteiger partial charge in [0.05, 0.1) is 0 Å². The molecule has 1 amide bonds. The summed E-state index contributed by atoms with van der Waals surface area (Å²) in [7, 11) is 0. The molecule has 0 saturated heterocycles. The van der Waals surface area contributed by atoms with E-state index in [0.717, 1.165) is 17.7 Å². The van der Waals surface area contributed by atoms with E-state index in [9.17, 15) is 23.1 Å². The van der Waals surface area contributed by atoms with Gasteiger partial charge in [-0.1, -0.05) is 48.0 Å². The van der Waals surface area contributed by atoms with Gasteiger partial charge in [0.15, 0.2) is 0 Å². The van der Waals surface area contributed by atoms with Crippen LogP contribution in [0.15, 0.2) is 54.6 Å². The third-order valence-electron chi connectivity index (χ3n) is 3.24. The summed E-state index contributed by atoms with van der Waals surface area (Å²) in [6, 6.07) is 12.5. The molecule has 1 atom stereocenters. The number of rotatable bonds is 3. The Hall–Kier alpha value is -2.34. The van der Waals surface area contributed by atoms with Gasteiger partial charge < -0.3 is 10.4 Å². The van der Waals surface area contributed by atoms with Crippen molar-refractivity contribution in [3.63, 3.8) is 0 Å². The van der Waals surface area contributed by atoms with Gasteiger partial charge >= 0.3 is 6.18 Å². The van der Waals surface area contributed by atoms with Crippen molar-refractivity contribution in [3.05, 3.63) is 65.7 Å². The normalized spacial score (nSPS) is 14.2. The van der Waals surface area contributed by atoms with Crippen LogP contribution in [0.2, 0.25) is 0 Å². The van der Waals surface area contributed by atoms with Crippen LogP contribution in [0.25, 0.3) is 0 Å². The second-order valence-corrected chi connectivity index (χ2v) is 4.89. The number of aryl methyl sites for hydroxylation is 1. The van der Waals surface area contributed by atoms with E-state index in [4.69, 9.17) is 0 Å². The summed E-state index contributed by atoms with van der Waals surface area (Å²) in [5.74, 6) is -1.55. The maximum absolute atomic E-state index is 13.3. The number of alkyl halides is 3. The highest BCUT2D eigenvalue weighted by Crippen LogP contribution is 2.39. The summed E-state index contributed by atoms with van der Waals surface area (Å²) in [5.41, 5.74) is -3.08. The number of benzene rings is 2. The van der Waals surface area contributed by atoms with Crippen LogP contribution in [0.3, 0.4) is 0 Å². The van der Waals surface area contributed by atoms with Gasteiger partial charge in [0, 0.05) is 11.3 Å². The van der Waals surface area contributed by atoms with Crippen molar-refractivity contribution in [2.45, 2.75) is 18.7 Å². The maximum Gasteiger partial charge on any atom is 0.430 e. The van der Waals surface area contributed by atoms with Crippen LogP contribution < -0.4 is 5.32 Å². The number of carbonyl (C=O) groups is 1. The van der Waals surface area contributed by atoms with E-state index in [2.05, 4.69) is 5.32 Å². The van der Waals surface area contributed by atoms with Crippen molar-refractivity contribution in [2.75, 3.05) is 5.32 Å². The molecular weight excluding hydrogens is 295 g/mol. The molecule has 0 heterocycles. The molecule has 0 aliphatic rings. The van der Waals surface area contributed by atoms with Crippen molar-refractivity contribution < 1.29 is 23.1 Å². The molecule has 6 heteroatoms. The van der Waals surface area contributed by atoms with Crippen molar-refractivity contribution in [1.29, 1.82) is 0 Å². The monoisotopic (exact) mass is 309 g/mol. The Labute approximate surface area is 125 Å². The molecule has 0 radical (unpaired) electrons. The summed E-state index contributed by atoms with van der Waals surface area (Å²) in [6.07, 6.45) is -5.15. The van der Waals surface area contributed by atoms with Gasteiger partial charge in [-0.15, -0.1) is 0 Å². The topological polar surface area (TPSA) is 49.3 Å². The number of anilines is 1. The summed E-state index contributed by atoms with van der Waals surface area (Å²) >= 11 is 0. The van der Waals surface area contributed by atoms with E-state index >= 15 is 0 Å². The van der Waals surface area contributed by atoms with Crippen molar-refractivity contribution in [3.8, 4) is 0 Å². The summed E-state index contributed by atoms with van der Waals surface area (Å²) in [5, 5.41) is 12.2. The van der Waals surface area contributed by atoms with Crippen LogP contribution in [0, 0.1) is 6.92 Å². The van der Waals surface area contributed by atoms with Gasteiger partial charge in [-0.25, -0.2) is 0 Å². The number of hydrogen-bond acceptors (Lipinski definition) is 2. The van der Waals surface area contributed by atoms with E-state index < -0.39 is 23.2 Å². The molecule has 2 aromatic rings. The molecule has 0 fully saturated rings. The molecule has 2 rings (SSSR count). The second-order valence-electron chi connectivity index (χ2n) is 4.89. The lowest BCUT2D eigenvalue weighted by molar-refractivity contribution is -0.254. The number of hydrogen-bond donors (Lipinski definition) is 2. The SMILES string of the molecule is Cc1ccc(NC(=O)C(O)(c2ccccc2)C(F)(F)F)cc1. The fraction of sp³-hybridized carbons (Fsp3) is 0.188. The van der Waals surface area contributed by atoms with Crippen molar-refractivity contribution in [1.82, 2.24) is 0 Å². The Bertz CT molecular complexity index is 653. The largest absolute Gasteiger partial charge is 0.430 e. The molecule has 0 aliphatic carbocycles. The Kier molecular flexibility index (Phi) is 4.23. The lowest BCUT2D eigenvalue weighted by atomic mass is 9.92. The third-order valence-corrected chi connectivity index (χ3v) is 3.24. The fourth-order valence-corrected chi connectivity index (χ4v) is 1.96. The first kappa shape index (κ1) is 16.0. The molecule has 0 saturated carbocycles. The predicted molar refractivity (Wildman–Crippen MR) is 76.2 cm³/mol. The predicted octanol–water partition coefficient (Wildman–Crippen LogP) is 3.38. The molecule has 3 nitrogen and oxygen atoms in total. The van der Waals surface area contributed by atoms with Crippen molar-refractivity contribution >= 4 is 11.6 Å². The zero-order valence-corrected chi connectivity index (χ0v) is 11.7. The minimum Gasteiger partial charge on any atom is -0.368 e. The number of amides is 1. The zero-order valence-electron chi connectivity index (χ0n) is 11.7. The fourth-order valence-electron chi connectivity index (χ4n) is 1.96. The smallest absolute Gasteiger partial charge is 0.368 e. The minimum absolute atomic E-state index is 0.175. The average molecular weight is 309 g/mol. The van der Waals surface area contributed by atoms with E-state index in [1.807, 2.05) is 6.92 Å². The molecule has 2 aromatic carbocycles. The number of nitrogens with one attached hydrogen (secondary N) is 1. The molecule has 22 heavy (non-hydrogen) atoms. The highest BCUT2D eigenvalue weighted by atomic mass is 19.4. The number of halogens is 3. The average Bonchev–Trinajstić information content (AvgIpc) is 2.48. The Morgan fingerprint density at radius 2 is 1.55 bits per heavy atom. The van der Waals surface area contributed by atoms with Gasteiger partial charge in [0.2, 0.25) is 0 Å². The zero-order chi connectivity index (χ0) is 16.4. The van der Waals surface area contributed by atoms with E-state index in [0.29, 0.717) is 0 Å². The molecule has 0 bridgehead atoms. The summed E-state index contributed by atoms with van der Waals surface area (Å²) in [4.78, 5) is 12.1. The van der Waals surface area contributed by atoms with Gasteiger partial charge in [-0.2, -0.15) is 13.2 Å². The van der Waals surface area contributed by atoms with Crippen LogP contribution in [0.1, 0.15) is 11.1 Å². The van der Waals surface area contributed by atoms with Crippen LogP contribution in [-0.4, -0.2) is 17.2 Å². The number of aliphatic hydroxyl groups is 1. The van der Waals surface area contributed by atoms with Gasteiger partial charge in [0.25, 0.3) is 11.5 Å². The highest BCUT2D eigenvalue weighted by Gasteiger charge is 2.60. The lowest BCUT2D eigenvalue weighted by Crippen LogP contribution is -2.52.